The zero-order valence-corrected chi connectivity index (χ0v) is 6.37. The van der Waals surface area contributed by atoms with Crippen LogP contribution in [0.5, 0.6) is 0 Å². The summed E-state index contributed by atoms with van der Waals surface area (Å²) in [6.45, 7) is -0.516. The van der Waals surface area contributed by atoms with E-state index in [1.54, 1.807) is 0 Å². The number of nitrogens with two attached hydrogens (primary N) is 1. The van der Waals surface area contributed by atoms with Crippen LogP contribution in [0.1, 0.15) is 0 Å². The summed E-state index contributed by atoms with van der Waals surface area (Å²) < 4.78 is 4.71. The van der Waals surface area contributed by atoms with E-state index in [9.17, 15) is 0 Å². The molecule has 6 nitrogen and oxygen atoms in total. The van der Waals surface area contributed by atoms with E-state index in [0.717, 1.165) is 0 Å². The molecule has 5 atom stereocenters. The molecule has 6 heteroatoms. The van der Waals surface area contributed by atoms with Crippen molar-refractivity contribution in [2.45, 2.75) is 30.6 Å². The van der Waals surface area contributed by atoms with E-state index in [-0.39, 0.29) is 0 Å². The van der Waals surface area contributed by atoms with Crippen molar-refractivity contribution in [2.24, 2.45) is 5.73 Å². The molecule has 0 bridgehead atoms. The molecule has 0 amide bonds. The summed E-state index contributed by atoms with van der Waals surface area (Å²) in [6, 6.07) is -0.873. The molecule has 1 unspecified atom stereocenters. The molecule has 1 aliphatic heterocycles. The van der Waals surface area contributed by atoms with Crippen LogP contribution in [0.2, 0.25) is 0 Å². The van der Waals surface area contributed by atoms with Gasteiger partial charge in [0.1, 0.15) is 18.3 Å². The van der Waals surface area contributed by atoms with Crippen LogP contribution in [0, 0.1) is 0 Å². The average Bonchev–Trinajstić information content (AvgIpc) is 2.32. The average molecular weight is 179 g/mol. The number of hydrogen-bond acceptors (Lipinski definition) is 6. The highest BCUT2D eigenvalue weighted by Gasteiger charge is 2.43. The van der Waals surface area contributed by atoms with Crippen LogP contribution in [-0.2, 0) is 4.74 Å². The number of ether oxygens (including phenoxy) is 1. The molecule has 0 spiro atoms. The molecule has 0 saturated carbocycles. The quantitative estimate of drug-likeness (QED) is 0.304. The second kappa shape index (κ2) is 3.65. The maximum absolute atomic E-state index is 9.09. The third-order valence-electron chi connectivity index (χ3n) is 1.93. The predicted molar refractivity (Wildman–Crippen MR) is 38.0 cm³/mol. The lowest BCUT2D eigenvalue weighted by Gasteiger charge is -2.19. The highest BCUT2D eigenvalue weighted by Crippen LogP contribution is 2.20. The maximum atomic E-state index is 9.09. The summed E-state index contributed by atoms with van der Waals surface area (Å²) >= 11 is 0. The van der Waals surface area contributed by atoms with Crippen LogP contribution in [0.4, 0.5) is 0 Å². The third kappa shape index (κ3) is 1.58. The summed E-state index contributed by atoms with van der Waals surface area (Å²) in [5, 5.41) is 35.6. The first-order chi connectivity index (χ1) is 5.57. The second-order valence-corrected chi connectivity index (χ2v) is 2.81. The number of aliphatic hydroxyl groups excluding tert-OH is 4. The zero-order valence-electron chi connectivity index (χ0n) is 6.37. The Hall–Kier alpha value is -0.240. The van der Waals surface area contributed by atoms with Crippen molar-refractivity contribution in [3.05, 3.63) is 0 Å². The van der Waals surface area contributed by atoms with E-state index < -0.39 is 37.3 Å². The normalized spacial score (nSPS) is 44.8. The Kier molecular flexibility index (Phi) is 2.99. The second-order valence-electron chi connectivity index (χ2n) is 2.81. The lowest BCUT2D eigenvalue weighted by Crippen LogP contribution is -2.46. The molecule has 1 rings (SSSR count). The van der Waals surface area contributed by atoms with Gasteiger partial charge >= 0.3 is 0 Å². The Labute approximate surface area is 69.2 Å². The molecule has 0 aromatic heterocycles. The van der Waals surface area contributed by atoms with Gasteiger partial charge in [0, 0.05) is 0 Å². The van der Waals surface area contributed by atoms with Crippen molar-refractivity contribution in [3.8, 4) is 0 Å². The molecule has 0 aliphatic carbocycles. The van der Waals surface area contributed by atoms with Gasteiger partial charge in [-0.1, -0.05) is 0 Å². The molecule has 1 heterocycles. The summed E-state index contributed by atoms with van der Waals surface area (Å²) in [6.07, 6.45) is -4.69. The predicted octanol–water partition coefficient (Wildman–Crippen LogP) is -3.25. The van der Waals surface area contributed by atoms with Crippen molar-refractivity contribution < 1.29 is 25.2 Å². The molecule has 0 radical (unpaired) electrons. The minimum atomic E-state index is -1.38. The van der Waals surface area contributed by atoms with Crippen molar-refractivity contribution in [3.63, 3.8) is 0 Å². The van der Waals surface area contributed by atoms with Gasteiger partial charge < -0.3 is 30.9 Å². The smallest absolute Gasteiger partial charge is 0.182 e. The van der Waals surface area contributed by atoms with Gasteiger partial charge in [-0.05, 0) is 0 Å². The fraction of sp³-hybridized carbons (Fsp3) is 1.00. The monoisotopic (exact) mass is 179 g/mol. The van der Waals surface area contributed by atoms with E-state index in [1.165, 1.54) is 0 Å². The lowest BCUT2D eigenvalue weighted by atomic mass is 10.0. The molecule has 0 aromatic carbocycles. The summed E-state index contributed by atoms with van der Waals surface area (Å²) in [4.78, 5) is 0. The van der Waals surface area contributed by atoms with Gasteiger partial charge in [-0.3, -0.25) is 0 Å². The Bertz CT molecular complexity index is 155. The Morgan fingerprint density at radius 1 is 1.42 bits per heavy atom. The largest absolute Gasteiger partial charge is 0.394 e. The first kappa shape index (κ1) is 9.85. The number of aliphatic hydroxyl groups is 4. The van der Waals surface area contributed by atoms with E-state index >= 15 is 0 Å². The van der Waals surface area contributed by atoms with Crippen molar-refractivity contribution >= 4 is 0 Å². The highest BCUT2D eigenvalue weighted by molar-refractivity contribution is 4.92. The molecular weight excluding hydrogens is 166 g/mol. The van der Waals surface area contributed by atoms with Gasteiger partial charge in [-0.15, -0.1) is 0 Å². The lowest BCUT2D eigenvalue weighted by molar-refractivity contribution is -0.149. The van der Waals surface area contributed by atoms with Crippen LogP contribution >= 0.6 is 0 Å². The topological polar surface area (TPSA) is 116 Å². The van der Waals surface area contributed by atoms with Crippen LogP contribution in [0.25, 0.3) is 0 Å². The number of hydrogen-bond donors (Lipinski definition) is 5. The molecule has 1 aliphatic rings. The highest BCUT2D eigenvalue weighted by atomic mass is 16.6. The van der Waals surface area contributed by atoms with Gasteiger partial charge in [0.2, 0.25) is 0 Å². The SMILES string of the molecule is N[C@@H]1[C@@H]([C@H](O)CO)OC(O)[C@@H]1O. The Morgan fingerprint density at radius 3 is 2.33 bits per heavy atom. The van der Waals surface area contributed by atoms with Crippen LogP contribution in [0.3, 0.4) is 0 Å². The van der Waals surface area contributed by atoms with Crippen molar-refractivity contribution in [2.75, 3.05) is 6.61 Å². The van der Waals surface area contributed by atoms with Crippen molar-refractivity contribution in [1.29, 1.82) is 0 Å². The van der Waals surface area contributed by atoms with Gasteiger partial charge in [0.15, 0.2) is 6.29 Å². The Morgan fingerprint density at radius 2 is 2.00 bits per heavy atom. The summed E-state index contributed by atoms with van der Waals surface area (Å²) in [5.41, 5.74) is 5.38. The summed E-state index contributed by atoms with van der Waals surface area (Å²) in [7, 11) is 0. The zero-order chi connectivity index (χ0) is 9.30. The van der Waals surface area contributed by atoms with Gasteiger partial charge in [-0.2, -0.15) is 0 Å². The first-order valence-corrected chi connectivity index (χ1v) is 3.64. The third-order valence-corrected chi connectivity index (χ3v) is 1.93. The van der Waals surface area contributed by atoms with Crippen molar-refractivity contribution in [1.82, 2.24) is 0 Å². The molecule has 1 saturated heterocycles. The van der Waals surface area contributed by atoms with Crippen LogP contribution < -0.4 is 5.73 Å². The number of rotatable bonds is 2. The van der Waals surface area contributed by atoms with Gasteiger partial charge in [0.05, 0.1) is 12.6 Å². The summed E-state index contributed by atoms with van der Waals surface area (Å²) in [5.74, 6) is 0. The first-order valence-electron chi connectivity index (χ1n) is 3.64. The fourth-order valence-electron chi connectivity index (χ4n) is 1.17. The molecular formula is C6H13NO5. The minimum Gasteiger partial charge on any atom is -0.394 e. The maximum Gasteiger partial charge on any atom is 0.182 e. The molecule has 12 heavy (non-hydrogen) atoms. The molecule has 72 valence electrons. The van der Waals surface area contributed by atoms with E-state index in [4.69, 9.17) is 30.9 Å². The van der Waals surface area contributed by atoms with E-state index in [2.05, 4.69) is 0 Å². The molecule has 1 fully saturated rings. The van der Waals surface area contributed by atoms with Gasteiger partial charge in [-0.25, -0.2) is 0 Å². The van der Waals surface area contributed by atoms with Crippen LogP contribution in [-0.4, -0.2) is 57.7 Å². The molecule has 6 N–H and O–H groups in total. The Balaban J connectivity index is 2.58. The van der Waals surface area contributed by atoms with Crippen LogP contribution in [0.15, 0.2) is 0 Å². The fourth-order valence-corrected chi connectivity index (χ4v) is 1.17. The van der Waals surface area contributed by atoms with E-state index in [1.807, 2.05) is 0 Å². The minimum absolute atomic E-state index is 0.516. The molecule has 0 aromatic rings. The van der Waals surface area contributed by atoms with E-state index in [0.29, 0.717) is 0 Å². The van der Waals surface area contributed by atoms with Gasteiger partial charge in [0.25, 0.3) is 0 Å². The standard InChI is InChI=1S/C6H13NO5/c7-3-4(10)6(11)12-5(3)2(9)1-8/h2-6,8-11H,1,7H2/t2-,3+,4-,5-,6?/m1/s1.